The lowest BCUT2D eigenvalue weighted by atomic mass is 10.1. The molecular weight excluding hydrogens is 380 g/mol. The smallest absolute Gasteiger partial charge is 0.253 e. The average Bonchev–Trinajstić information content (AvgIpc) is 2.92. The average molecular weight is 403 g/mol. The second-order valence-electron chi connectivity index (χ2n) is 6.81. The van der Waals surface area contributed by atoms with E-state index in [1.54, 1.807) is 38.4 Å². The van der Waals surface area contributed by atoms with Crippen molar-refractivity contribution in [2.24, 2.45) is 0 Å². The van der Waals surface area contributed by atoms with E-state index in [1.807, 2.05) is 12.1 Å². The minimum atomic E-state index is -0.126. The molecule has 0 atom stereocenters. The summed E-state index contributed by atoms with van der Waals surface area (Å²) in [6.07, 6.45) is 0.979. The van der Waals surface area contributed by atoms with Gasteiger partial charge in [0.15, 0.2) is 11.5 Å². The van der Waals surface area contributed by atoms with Crippen molar-refractivity contribution in [1.29, 1.82) is 0 Å². The van der Waals surface area contributed by atoms with E-state index in [1.165, 1.54) is 4.90 Å². The van der Waals surface area contributed by atoms with Crippen molar-refractivity contribution in [3.63, 3.8) is 0 Å². The van der Waals surface area contributed by atoms with Crippen LogP contribution in [-0.4, -0.2) is 44.0 Å². The van der Waals surface area contributed by atoms with Crippen LogP contribution in [0.2, 0.25) is 5.02 Å². The fourth-order valence-electron chi connectivity index (χ4n) is 2.86. The molecule has 2 aromatic rings. The second kappa shape index (κ2) is 8.97. The molecular formula is C21H23ClN2O4. The van der Waals surface area contributed by atoms with Crippen molar-refractivity contribution in [3.8, 4) is 11.5 Å². The fourth-order valence-corrected chi connectivity index (χ4v) is 3.15. The number of nitrogens with zero attached hydrogens (tertiary/aromatic N) is 1. The van der Waals surface area contributed by atoms with Gasteiger partial charge in [0.1, 0.15) is 0 Å². The molecule has 148 valence electrons. The molecule has 0 saturated carbocycles. The summed E-state index contributed by atoms with van der Waals surface area (Å²) in [7, 11) is 3.42. The number of rotatable bonds is 5. The summed E-state index contributed by atoms with van der Waals surface area (Å²) >= 11 is 6.27. The first-order valence-corrected chi connectivity index (χ1v) is 9.47. The van der Waals surface area contributed by atoms with Gasteiger partial charge in [-0.3, -0.25) is 9.59 Å². The summed E-state index contributed by atoms with van der Waals surface area (Å²) in [5, 5.41) is 3.33. The normalized spacial score (nSPS) is 12.8. The molecule has 1 N–H and O–H groups in total. The molecule has 0 fully saturated rings. The summed E-state index contributed by atoms with van der Waals surface area (Å²) < 4.78 is 11.3. The van der Waals surface area contributed by atoms with Crippen molar-refractivity contribution >= 4 is 23.4 Å². The standard InChI is InChI=1S/C21H23ClN2O4/c1-24(2)21(26)16-6-4-14(5-7-16)13-23-19(25)12-15-10-17(22)20-18(11-15)27-8-3-9-28-20/h4-7,10-11H,3,8-9,12-13H2,1-2H3,(H,23,25). The Kier molecular flexibility index (Phi) is 6.41. The third kappa shape index (κ3) is 4.95. The maximum absolute atomic E-state index is 12.3. The number of carbonyl (C=O) groups is 2. The van der Waals surface area contributed by atoms with Gasteiger partial charge in [-0.25, -0.2) is 0 Å². The first kappa shape index (κ1) is 20.0. The van der Waals surface area contributed by atoms with Crippen molar-refractivity contribution in [2.45, 2.75) is 19.4 Å². The van der Waals surface area contributed by atoms with Gasteiger partial charge in [-0.1, -0.05) is 23.7 Å². The Morgan fingerprint density at radius 1 is 1.07 bits per heavy atom. The van der Waals surface area contributed by atoms with E-state index in [4.69, 9.17) is 21.1 Å². The van der Waals surface area contributed by atoms with Gasteiger partial charge in [0.05, 0.1) is 24.7 Å². The SMILES string of the molecule is CN(C)C(=O)c1ccc(CNC(=O)Cc2cc(Cl)c3c(c2)OCCCO3)cc1. The number of hydrogen-bond acceptors (Lipinski definition) is 4. The van der Waals surface area contributed by atoms with E-state index in [2.05, 4.69) is 5.32 Å². The van der Waals surface area contributed by atoms with Crippen LogP contribution in [0.15, 0.2) is 36.4 Å². The fraction of sp³-hybridized carbons (Fsp3) is 0.333. The molecule has 0 radical (unpaired) electrons. The Bertz CT molecular complexity index is 865. The molecule has 0 aliphatic carbocycles. The molecule has 0 unspecified atom stereocenters. The Morgan fingerprint density at radius 3 is 2.50 bits per heavy atom. The van der Waals surface area contributed by atoms with Gasteiger partial charge >= 0.3 is 0 Å². The van der Waals surface area contributed by atoms with Crippen LogP contribution >= 0.6 is 11.6 Å². The number of carbonyl (C=O) groups excluding carboxylic acids is 2. The minimum Gasteiger partial charge on any atom is -0.489 e. The van der Waals surface area contributed by atoms with Crippen LogP contribution in [0.25, 0.3) is 0 Å². The highest BCUT2D eigenvalue weighted by molar-refractivity contribution is 6.32. The number of ether oxygens (including phenoxy) is 2. The highest BCUT2D eigenvalue weighted by atomic mass is 35.5. The van der Waals surface area contributed by atoms with E-state index in [-0.39, 0.29) is 18.2 Å². The highest BCUT2D eigenvalue weighted by Gasteiger charge is 2.17. The number of halogens is 1. The third-order valence-corrected chi connectivity index (χ3v) is 4.60. The lowest BCUT2D eigenvalue weighted by molar-refractivity contribution is -0.120. The van der Waals surface area contributed by atoms with Crippen LogP contribution in [0.5, 0.6) is 11.5 Å². The van der Waals surface area contributed by atoms with Crippen molar-refractivity contribution in [3.05, 3.63) is 58.1 Å². The molecule has 0 bridgehead atoms. The summed E-state index contributed by atoms with van der Waals surface area (Å²) in [6.45, 7) is 1.50. The Hall–Kier alpha value is -2.73. The van der Waals surface area contributed by atoms with Crippen molar-refractivity contribution < 1.29 is 19.1 Å². The molecule has 2 aromatic carbocycles. The maximum Gasteiger partial charge on any atom is 0.253 e. The molecule has 28 heavy (non-hydrogen) atoms. The van der Waals surface area contributed by atoms with E-state index in [0.29, 0.717) is 41.8 Å². The van der Waals surface area contributed by atoms with Crippen LogP contribution in [0, 0.1) is 0 Å². The van der Waals surface area contributed by atoms with E-state index >= 15 is 0 Å². The van der Waals surface area contributed by atoms with Gasteiger partial charge in [0.2, 0.25) is 5.91 Å². The maximum atomic E-state index is 12.3. The van der Waals surface area contributed by atoms with Crippen LogP contribution in [0.1, 0.15) is 27.9 Å². The van der Waals surface area contributed by atoms with E-state index in [9.17, 15) is 9.59 Å². The molecule has 0 spiro atoms. The van der Waals surface area contributed by atoms with Crippen LogP contribution in [0.3, 0.4) is 0 Å². The first-order valence-electron chi connectivity index (χ1n) is 9.09. The molecule has 7 heteroatoms. The van der Waals surface area contributed by atoms with Gasteiger partial charge in [-0.15, -0.1) is 0 Å². The second-order valence-corrected chi connectivity index (χ2v) is 7.21. The van der Waals surface area contributed by atoms with Gasteiger partial charge < -0.3 is 19.7 Å². The zero-order valence-electron chi connectivity index (χ0n) is 16.0. The zero-order chi connectivity index (χ0) is 20.1. The number of nitrogens with one attached hydrogen (secondary N) is 1. The summed E-state index contributed by atoms with van der Waals surface area (Å²) in [4.78, 5) is 25.7. The van der Waals surface area contributed by atoms with Gasteiger partial charge in [0, 0.05) is 32.6 Å². The zero-order valence-corrected chi connectivity index (χ0v) is 16.7. The van der Waals surface area contributed by atoms with Crippen LogP contribution in [-0.2, 0) is 17.8 Å². The molecule has 0 saturated heterocycles. The molecule has 1 aliphatic heterocycles. The van der Waals surface area contributed by atoms with E-state index in [0.717, 1.165) is 17.5 Å². The van der Waals surface area contributed by atoms with Crippen LogP contribution < -0.4 is 14.8 Å². The lowest BCUT2D eigenvalue weighted by Crippen LogP contribution is -2.25. The quantitative estimate of drug-likeness (QED) is 0.834. The largest absolute Gasteiger partial charge is 0.489 e. The molecule has 1 aliphatic rings. The van der Waals surface area contributed by atoms with Crippen molar-refractivity contribution in [1.82, 2.24) is 10.2 Å². The topological polar surface area (TPSA) is 67.9 Å². The minimum absolute atomic E-state index is 0.0538. The monoisotopic (exact) mass is 402 g/mol. The predicted octanol–water partition coefficient (Wildman–Crippen LogP) is 3.06. The van der Waals surface area contributed by atoms with Gasteiger partial charge in [-0.2, -0.15) is 0 Å². The highest BCUT2D eigenvalue weighted by Crippen LogP contribution is 2.38. The molecule has 6 nitrogen and oxygen atoms in total. The number of benzene rings is 2. The number of hydrogen-bond donors (Lipinski definition) is 1. The molecule has 0 aromatic heterocycles. The molecule has 3 rings (SSSR count). The lowest BCUT2D eigenvalue weighted by Gasteiger charge is -2.12. The Labute approximate surface area is 169 Å². The Morgan fingerprint density at radius 2 is 1.79 bits per heavy atom. The molecule has 2 amide bonds. The first-order chi connectivity index (χ1) is 13.4. The van der Waals surface area contributed by atoms with E-state index < -0.39 is 0 Å². The third-order valence-electron chi connectivity index (χ3n) is 4.32. The van der Waals surface area contributed by atoms with Gasteiger partial charge in [0.25, 0.3) is 5.91 Å². The summed E-state index contributed by atoms with van der Waals surface area (Å²) in [5.74, 6) is 0.936. The Balaban J connectivity index is 1.58. The predicted molar refractivity (Wildman–Crippen MR) is 107 cm³/mol. The summed E-state index contributed by atoms with van der Waals surface area (Å²) in [6, 6.07) is 10.7. The summed E-state index contributed by atoms with van der Waals surface area (Å²) in [5.41, 5.74) is 2.29. The number of fused-ring (bicyclic) bond motifs is 1. The van der Waals surface area contributed by atoms with Crippen LogP contribution in [0.4, 0.5) is 0 Å². The van der Waals surface area contributed by atoms with Gasteiger partial charge in [-0.05, 0) is 35.4 Å². The van der Waals surface area contributed by atoms with Crippen molar-refractivity contribution in [2.75, 3.05) is 27.3 Å². The molecule has 1 heterocycles. The number of amides is 2.